The molecule has 2 aromatic carbocycles. The molecular weight excluding hydrogens is 350 g/mol. The predicted octanol–water partition coefficient (Wildman–Crippen LogP) is 3.19. The molecule has 2 heterocycles. The Hall–Kier alpha value is -3.41. The summed E-state index contributed by atoms with van der Waals surface area (Å²) in [5, 5.41) is 0. The van der Waals surface area contributed by atoms with Crippen LogP contribution in [0.2, 0.25) is 0 Å². The molecule has 0 aliphatic carbocycles. The van der Waals surface area contributed by atoms with Gasteiger partial charge in [-0.25, -0.2) is 9.97 Å². The molecular formula is C22H23N5O. The van der Waals surface area contributed by atoms with Crippen molar-refractivity contribution in [1.29, 1.82) is 0 Å². The lowest BCUT2D eigenvalue weighted by atomic mass is 10.2. The van der Waals surface area contributed by atoms with Gasteiger partial charge in [-0.2, -0.15) is 0 Å². The molecule has 142 valence electrons. The van der Waals surface area contributed by atoms with Gasteiger partial charge in [0.1, 0.15) is 11.6 Å². The molecule has 1 aliphatic heterocycles. The minimum Gasteiger partial charge on any atom is -0.353 e. The first-order chi connectivity index (χ1) is 13.7. The molecule has 0 atom stereocenters. The van der Waals surface area contributed by atoms with Crippen LogP contribution < -0.4 is 9.80 Å². The fraction of sp³-hybridized carbons (Fsp3) is 0.227. The fourth-order valence-electron chi connectivity index (χ4n) is 3.31. The maximum Gasteiger partial charge on any atom is 0.209 e. The molecule has 1 fully saturated rings. The van der Waals surface area contributed by atoms with Crippen LogP contribution >= 0.6 is 0 Å². The van der Waals surface area contributed by atoms with Crippen molar-refractivity contribution in [2.45, 2.75) is 0 Å². The lowest BCUT2D eigenvalue weighted by molar-refractivity contribution is -0.118. The minimum atomic E-state index is 0.702. The summed E-state index contributed by atoms with van der Waals surface area (Å²) in [6.45, 7) is 2.94. The van der Waals surface area contributed by atoms with E-state index in [1.54, 1.807) is 4.90 Å². The van der Waals surface area contributed by atoms with Crippen LogP contribution in [0.5, 0.6) is 0 Å². The molecule has 0 unspecified atom stereocenters. The molecule has 0 bridgehead atoms. The predicted molar refractivity (Wildman–Crippen MR) is 112 cm³/mol. The first-order valence-corrected chi connectivity index (χ1v) is 9.42. The van der Waals surface area contributed by atoms with Crippen LogP contribution in [0.3, 0.4) is 0 Å². The maximum atomic E-state index is 11.0. The number of hydrogen-bond donors (Lipinski definition) is 0. The topological polar surface area (TPSA) is 52.6 Å². The van der Waals surface area contributed by atoms with E-state index >= 15 is 0 Å². The van der Waals surface area contributed by atoms with Gasteiger partial charge in [0.15, 0.2) is 5.82 Å². The molecule has 28 heavy (non-hydrogen) atoms. The number of rotatable bonds is 5. The van der Waals surface area contributed by atoms with Crippen molar-refractivity contribution in [3.63, 3.8) is 0 Å². The highest BCUT2D eigenvalue weighted by Gasteiger charge is 2.20. The van der Waals surface area contributed by atoms with Crippen LogP contribution in [-0.2, 0) is 4.79 Å². The monoisotopic (exact) mass is 373 g/mol. The Labute approximate surface area is 165 Å². The summed E-state index contributed by atoms with van der Waals surface area (Å²) < 4.78 is 0. The minimum absolute atomic E-state index is 0.702. The van der Waals surface area contributed by atoms with Crippen LogP contribution in [0.15, 0.2) is 66.7 Å². The van der Waals surface area contributed by atoms with Crippen molar-refractivity contribution in [3.05, 3.63) is 66.7 Å². The Balaban J connectivity index is 1.72. The molecule has 3 aromatic rings. The molecule has 0 saturated carbocycles. The summed E-state index contributed by atoms with van der Waals surface area (Å²) in [5.74, 6) is 2.43. The summed E-state index contributed by atoms with van der Waals surface area (Å²) in [6, 6.07) is 22.2. The largest absolute Gasteiger partial charge is 0.353 e. The normalized spacial score (nSPS) is 14.0. The third-order valence-corrected chi connectivity index (χ3v) is 5.01. The van der Waals surface area contributed by atoms with E-state index in [1.807, 2.05) is 61.6 Å². The Kier molecular flexibility index (Phi) is 5.19. The summed E-state index contributed by atoms with van der Waals surface area (Å²) in [5.41, 5.74) is 2.05. The zero-order valence-corrected chi connectivity index (χ0v) is 15.9. The number of para-hydroxylation sites is 1. The van der Waals surface area contributed by atoms with E-state index in [-0.39, 0.29) is 0 Å². The van der Waals surface area contributed by atoms with Crippen LogP contribution in [0.4, 0.5) is 17.3 Å². The van der Waals surface area contributed by atoms with Crippen molar-refractivity contribution in [2.75, 3.05) is 43.0 Å². The Morgan fingerprint density at radius 2 is 1.54 bits per heavy atom. The van der Waals surface area contributed by atoms with Crippen LogP contribution in [0.25, 0.3) is 11.4 Å². The molecule has 0 spiro atoms. The first-order valence-electron chi connectivity index (χ1n) is 9.42. The smallest absolute Gasteiger partial charge is 0.209 e. The van der Waals surface area contributed by atoms with Gasteiger partial charge in [0, 0.05) is 50.5 Å². The summed E-state index contributed by atoms with van der Waals surface area (Å²) in [4.78, 5) is 26.8. The van der Waals surface area contributed by atoms with Crippen molar-refractivity contribution in [2.24, 2.45) is 0 Å². The van der Waals surface area contributed by atoms with E-state index < -0.39 is 0 Å². The lowest BCUT2D eigenvalue weighted by Gasteiger charge is -2.34. The number of carbonyl (C=O) groups is 1. The first kappa shape index (κ1) is 18.0. The molecule has 6 heteroatoms. The fourth-order valence-corrected chi connectivity index (χ4v) is 3.31. The number of anilines is 3. The number of hydrogen-bond acceptors (Lipinski definition) is 5. The number of nitrogens with zero attached hydrogens (tertiary/aromatic N) is 5. The van der Waals surface area contributed by atoms with Gasteiger partial charge in [0.25, 0.3) is 0 Å². The SMILES string of the molecule is CN(c1ccccc1)c1cc(N2CCN(C=O)CC2)nc(-c2ccccc2)n1. The average molecular weight is 373 g/mol. The van der Waals surface area contributed by atoms with Gasteiger partial charge in [-0.05, 0) is 12.1 Å². The van der Waals surface area contributed by atoms with Crippen LogP contribution in [0, 0.1) is 0 Å². The number of carbonyl (C=O) groups excluding carboxylic acids is 1. The van der Waals surface area contributed by atoms with Gasteiger partial charge in [-0.15, -0.1) is 0 Å². The number of aromatic nitrogens is 2. The second kappa shape index (κ2) is 8.08. The Morgan fingerprint density at radius 1 is 0.893 bits per heavy atom. The second-order valence-corrected chi connectivity index (χ2v) is 6.80. The Morgan fingerprint density at radius 3 is 2.18 bits per heavy atom. The zero-order chi connectivity index (χ0) is 19.3. The lowest BCUT2D eigenvalue weighted by Crippen LogP contribution is -2.46. The van der Waals surface area contributed by atoms with Crippen LogP contribution in [-0.4, -0.2) is 54.5 Å². The third kappa shape index (κ3) is 3.81. The number of piperazine rings is 1. The van der Waals surface area contributed by atoms with E-state index in [0.29, 0.717) is 18.9 Å². The second-order valence-electron chi connectivity index (χ2n) is 6.80. The third-order valence-electron chi connectivity index (χ3n) is 5.01. The molecule has 6 nitrogen and oxygen atoms in total. The summed E-state index contributed by atoms with van der Waals surface area (Å²) >= 11 is 0. The van der Waals surface area contributed by atoms with Crippen molar-refractivity contribution < 1.29 is 4.79 Å². The highest BCUT2D eigenvalue weighted by Crippen LogP contribution is 2.28. The van der Waals surface area contributed by atoms with Gasteiger partial charge in [-0.1, -0.05) is 48.5 Å². The summed E-state index contributed by atoms with van der Waals surface area (Å²) in [6.07, 6.45) is 0.918. The molecule has 0 N–H and O–H groups in total. The van der Waals surface area contributed by atoms with E-state index in [0.717, 1.165) is 42.4 Å². The highest BCUT2D eigenvalue weighted by molar-refractivity contribution is 5.67. The molecule has 1 amide bonds. The molecule has 1 saturated heterocycles. The summed E-state index contributed by atoms with van der Waals surface area (Å²) in [7, 11) is 2.01. The quantitative estimate of drug-likeness (QED) is 0.643. The molecule has 4 rings (SSSR count). The highest BCUT2D eigenvalue weighted by atomic mass is 16.1. The van der Waals surface area contributed by atoms with Crippen molar-refractivity contribution in [1.82, 2.24) is 14.9 Å². The average Bonchev–Trinajstić information content (AvgIpc) is 2.79. The van der Waals surface area contributed by atoms with Gasteiger partial charge in [-0.3, -0.25) is 4.79 Å². The zero-order valence-electron chi connectivity index (χ0n) is 15.9. The van der Waals surface area contributed by atoms with Gasteiger partial charge < -0.3 is 14.7 Å². The molecule has 0 radical (unpaired) electrons. The molecule has 1 aliphatic rings. The van der Waals surface area contributed by atoms with E-state index in [2.05, 4.69) is 21.9 Å². The molecule has 1 aromatic heterocycles. The van der Waals surface area contributed by atoms with E-state index in [4.69, 9.17) is 9.97 Å². The van der Waals surface area contributed by atoms with Crippen LogP contribution in [0.1, 0.15) is 0 Å². The number of benzene rings is 2. The van der Waals surface area contributed by atoms with Gasteiger partial charge in [0.2, 0.25) is 6.41 Å². The van der Waals surface area contributed by atoms with Crippen molar-refractivity contribution in [3.8, 4) is 11.4 Å². The van der Waals surface area contributed by atoms with Crippen molar-refractivity contribution >= 4 is 23.7 Å². The number of amides is 1. The van der Waals surface area contributed by atoms with E-state index in [9.17, 15) is 4.79 Å². The maximum absolute atomic E-state index is 11.0. The van der Waals surface area contributed by atoms with Gasteiger partial charge in [0.05, 0.1) is 0 Å². The Bertz CT molecular complexity index is 924. The van der Waals surface area contributed by atoms with E-state index in [1.165, 1.54) is 0 Å². The standard InChI is InChI=1S/C22H23N5O/c1-25(19-10-6-3-7-11-19)20-16-21(27-14-12-26(17-28)13-15-27)24-22(23-20)18-8-4-2-5-9-18/h2-11,16-17H,12-15H2,1H3. The van der Waals surface area contributed by atoms with Gasteiger partial charge >= 0.3 is 0 Å².